The van der Waals surface area contributed by atoms with Crippen LogP contribution < -0.4 is 10.2 Å². The molecule has 102 valence electrons. The van der Waals surface area contributed by atoms with Crippen LogP contribution in [0.1, 0.15) is 18.4 Å². The monoisotopic (exact) mass is 260 g/mol. The number of rotatable bonds is 1. The third kappa shape index (κ3) is 2.51. The second-order valence-corrected chi connectivity index (χ2v) is 5.57. The van der Waals surface area contributed by atoms with Crippen molar-refractivity contribution in [3.63, 3.8) is 0 Å². The van der Waals surface area contributed by atoms with Gasteiger partial charge in [-0.15, -0.1) is 0 Å². The molecule has 2 fully saturated rings. The van der Waals surface area contributed by atoms with Gasteiger partial charge in [0.2, 0.25) is 0 Å². The molecule has 0 aliphatic carbocycles. The Labute approximate surface area is 113 Å². The summed E-state index contributed by atoms with van der Waals surface area (Å²) in [6.07, 6.45) is 2.13. The molecule has 1 unspecified atom stereocenters. The predicted molar refractivity (Wildman–Crippen MR) is 74.3 cm³/mol. The zero-order valence-corrected chi connectivity index (χ0v) is 11.3. The molecule has 2 saturated heterocycles. The summed E-state index contributed by atoms with van der Waals surface area (Å²) < 4.78 is 5.84. The molecule has 3 rings (SSSR count). The number of nitrogens with one attached hydrogen (secondary N) is 1. The summed E-state index contributed by atoms with van der Waals surface area (Å²) in [5, 5.41) is 3.38. The van der Waals surface area contributed by atoms with Gasteiger partial charge in [0.05, 0.1) is 12.1 Å². The maximum absolute atomic E-state index is 12.1. The zero-order chi connectivity index (χ0) is 13.3. The molecule has 0 aromatic heterocycles. The summed E-state index contributed by atoms with van der Waals surface area (Å²) in [5.74, 6) is 0.0556. The molecule has 0 saturated carbocycles. The molecule has 1 amide bonds. The molecule has 0 radical (unpaired) electrons. The summed E-state index contributed by atoms with van der Waals surface area (Å²) in [4.78, 5) is 14.0. The number of anilines is 1. The van der Waals surface area contributed by atoms with Crippen molar-refractivity contribution >= 4 is 11.6 Å². The standard InChI is InChI=1S/C15H20N2O2/c1-12-3-5-13(6-4-12)17-11-15(19-9-14(17)18)7-2-8-16-10-15/h3-6,16H,2,7-11H2,1H3. The quantitative estimate of drug-likeness (QED) is 0.831. The highest BCUT2D eigenvalue weighted by atomic mass is 16.5. The molecule has 1 aromatic carbocycles. The zero-order valence-electron chi connectivity index (χ0n) is 11.3. The average molecular weight is 260 g/mol. The molecule has 1 N–H and O–H groups in total. The molecular formula is C15H20N2O2. The van der Waals surface area contributed by atoms with Crippen LogP contribution in [0, 0.1) is 6.92 Å². The van der Waals surface area contributed by atoms with E-state index in [2.05, 4.69) is 12.2 Å². The highest BCUT2D eigenvalue weighted by molar-refractivity contribution is 5.95. The van der Waals surface area contributed by atoms with Gasteiger partial charge < -0.3 is 15.0 Å². The Kier molecular flexibility index (Phi) is 3.29. The van der Waals surface area contributed by atoms with E-state index in [0.29, 0.717) is 6.54 Å². The molecule has 1 atom stereocenters. The Hall–Kier alpha value is -1.39. The Morgan fingerprint density at radius 3 is 2.79 bits per heavy atom. The molecule has 19 heavy (non-hydrogen) atoms. The van der Waals surface area contributed by atoms with E-state index in [4.69, 9.17) is 4.74 Å². The fourth-order valence-corrected chi connectivity index (χ4v) is 2.87. The number of morpholine rings is 1. The molecule has 4 heteroatoms. The number of aryl methyl sites for hydroxylation is 1. The minimum Gasteiger partial charge on any atom is -0.362 e. The summed E-state index contributed by atoms with van der Waals surface area (Å²) in [5.41, 5.74) is 1.99. The van der Waals surface area contributed by atoms with E-state index in [9.17, 15) is 4.79 Å². The van der Waals surface area contributed by atoms with Crippen molar-refractivity contribution in [2.45, 2.75) is 25.4 Å². The Morgan fingerprint density at radius 2 is 2.11 bits per heavy atom. The van der Waals surface area contributed by atoms with Crippen LogP contribution in [-0.2, 0) is 9.53 Å². The molecular weight excluding hydrogens is 240 g/mol. The van der Waals surface area contributed by atoms with E-state index in [1.807, 2.05) is 29.2 Å². The first-order valence-electron chi connectivity index (χ1n) is 6.90. The van der Waals surface area contributed by atoms with Crippen molar-refractivity contribution in [1.82, 2.24) is 5.32 Å². The molecule has 4 nitrogen and oxygen atoms in total. The minimum absolute atomic E-state index is 0.0556. The maximum Gasteiger partial charge on any atom is 0.253 e. The number of carbonyl (C=O) groups is 1. The second kappa shape index (κ2) is 4.94. The highest BCUT2D eigenvalue weighted by Crippen LogP contribution is 2.29. The molecule has 2 aliphatic heterocycles. The summed E-state index contributed by atoms with van der Waals surface area (Å²) >= 11 is 0. The number of nitrogens with zero attached hydrogens (tertiary/aromatic N) is 1. The Balaban J connectivity index is 1.83. The van der Waals surface area contributed by atoms with Crippen LogP contribution in [-0.4, -0.2) is 37.7 Å². The van der Waals surface area contributed by atoms with Gasteiger partial charge in [-0.25, -0.2) is 0 Å². The summed E-state index contributed by atoms with van der Waals surface area (Å²) in [7, 11) is 0. The number of carbonyl (C=O) groups excluding carboxylic acids is 1. The van der Waals surface area contributed by atoms with Gasteiger partial charge in [-0.3, -0.25) is 4.79 Å². The van der Waals surface area contributed by atoms with Crippen LogP contribution in [0.5, 0.6) is 0 Å². The van der Waals surface area contributed by atoms with E-state index in [1.165, 1.54) is 5.56 Å². The Morgan fingerprint density at radius 1 is 1.32 bits per heavy atom. The molecule has 2 aliphatic rings. The first-order chi connectivity index (χ1) is 9.19. The molecule has 1 aromatic rings. The van der Waals surface area contributed by atoms with E-state index in [0.717, 1.165) is 31.6 Å². The van der Waals surface area contributed by atoms with Crippen molar-refractivity contribution in [2.24, 2.45) is 0 Å². The molecule has 1 spiro atoms. The van der Waals surface area contributed by atoms with E-state index in [-0.39, 0.29) is 18.1 Å². The number of hydrogen-bond acceptors (Lipinski definition) is 3. The second-order valence-electron chi connectivity index (χ2n) is 5.57. The lowest BCUT2D eigenvalue weighted by Crippen LogP contribution is -2.60. The average Bonchev–Trinajstić information content (AvgIpc) is 2.44. The first-order valence-corrected chi connectivity index (χ1v) is 6.90. The smallest absolute Gasteiger partial charge is 0.253 e. The lowest BCUT2D eigenvalue weighted by molar-refractivity contribution is -0.140. The number of piperidine rings is 1. The normalized spacial score (nSPS) is 27.8. The fourth-order valence-electron chi connectivity index (χ4n) is 2.87. The van der Waals surface area contributed by atoms with Gasteiger partial charge >= 0.3 is 0 Å². The molecule has 2 heterocycles. The van der Waals surface area contributed by atoms with E-state index >= 15 is 0 Å². The van der Waals surface area contributed by atoms with Crippen LogP contribution in [0.2, 0.25) is 0 Å². The topological polar surface area (TPSA) is 41.6 Å². The van der Waals surface area contributed by atoms with Crippen molar-refractivity contribution in [1.29, 1.82) is 0 Å². The number of amides is 1. The fraction of sp³-hybridized carbons (Fsp3) is 0.533. The summed E-state index contributed by atoms with van der Waals surface area (Å²) in [6, 6.07) is 8.12. The minimum atomic E-state index is -0.197. The molecule has 0 bridgehead atoms. The van der Waals surface area contributed by atoms with E-state index < -0.39 is 0 Å². The van der Waals surface area contributed by atoms with Gasteiger partial charge in [0.25, 0.3) is 5.91 Å². The van der Waals surface area contributed by atoms with Crippen molar-refractivity contribution < 1.29 is 9.53 Å². The first kappa shape index (κ1) is 12.6. The number of ether oxygens (including phenoxy) is 1. The van der Waals surface area contributed by atoms with Crippen LogP contribution >= 0.6 is 0 Å². The third-order valence-corrected chi connectivity index (χ3v) is 4.03. The third-order valence-electron chi connectivity index (χ3n) is 4.03. The number of benzene rings is 1. The van der Waals surface area contributed by atoms with Gasteiger partial charge in [0.1, 0.15) is 6.61 Å². The lowest BCUT2D eigenvalue weighted by atomic mass is 9.91. The Bertz CT molecular complexity index is 464. The lowest BCUT2D eigenvalue weighted by Gasteiger charge is -2.44. The van der Waals surface area contributed by atoms with Gasteiger partial charge in [0, 0.05) is 12.2 Å². The van der Waals surface area contributed by atoms with Gasteiger partial charge in [0.15, 0.2) is 0 Å². The predicted octanol–water partition coefficient (Wildman–Crippen LogP) is 1.48. The maximum atomic E-state index is 12.1. The summed E-state index contributed by atoms with van der Waals surface area (Å²) in [6.45, 7) is 4.78. The van der Waals surface area contributed by atoms with Crippen LogP contribution in [0.3, 0.4) is 0 Å². The van der Waals surface area contributed by atoms with Crippen LogP contribution in [0.15, 0.2) is 24.3 Å². The van der Waals surface area contributed by atoms with Crippen molar-refractivity contribution in [3.8, 4) is 0 Å². The largest absolute Gasteiger partial charge is 0.362 e. The van der Waals surface area contributed by atoms with Crippen molar-refractivity contribution in [2.75, 3.05) is 31.1 Å². The van der Waals surface area contributed by atoms with Gasteiger partial charge in [-0.2, -0.15) is 0 Å². The van der Waals surface area contributed by atoms with Crippen molar-refractivity contribution in [3.05, 3.63) is 29.8 Å². The van der Waals surface area contributed by atoms with Crippen LogP contribution in [0.4, 0.5) is 5.69 Å². The van der Waals surface area contributed by atoms with Crippen LogP contribution in [0.25, 0.3) is 0 Å². The van der Waals surface area contributed by atoms with E-state index in [1.54, 1.807) is 0 Å². The number of hydrogen-bond donors (Lipinski definition) is 1. The SMILES string of the molecule is Cc1ccc(N2CC3(CCCNC3)OCC2=O)cc1. The van der Waals surface area contributed by atoms with Gasteiger partial charge in [-0.05, 0) is 38.4 Å². The highest BCUT2D eigenvalue weighted by Gasteiger charge is 2.41. The van der Waals surface area contributed by atoms with Gasteiger partial charge in [-0.1, -0.05) is 17.7 Å².